The van der Waals surface area contributed by atoms with Crippen molar-refractivity contribution < 1.29 is 8.42 Å². The Morgan fingerprint density at radius 2 is 2.22 bits per heavy atom. The van der Waals surface area contributed by atoms with Gasteiger partial charge in [-0.3, -0.25) is 0 Å². The highest BCUT2D eigenvalue weighted by Crippen LogP contribution is 2.38. The van der Waals surface area contributed by atoms with Crippen molar-refractivity contribution in [1.82, 2.24) is 9.29 Å². The highest BCUT2D eigenvalue weighted by Gasteiger charge is 2.36. The third kappa shape index (κ3) is 2.60. The van der Waals surface area contributed by atoms with Crippen LogP contribution < -0.4 is 5.73 Å². The Morgan fingerprint density at radius 3 is 2.72 bits per heavy atom. The van der Waals surface area contributed by atoms with E-state index in [1.54, 1.807) is 7.05 Å². The number of anilines is 1. The molecule has 0 aliphatic heterocycles. The van der Waals surface area contributed by atoms with Gasteiger partial charge in [0.05, 0.1) is 5.02 Å². The molecule has 7 heteroatoms. The van der Waals surface area contributed by atoms with Crippen molar-refractivity contribution in [3.8, 4) is 0 Å². The number of nitrogens with zero attached hydrogens (tertiary/aromatic N) is 2. The van der Waals surface area contributed by atoms with Gasteiger partial charge in [0.25, 0.3) is 0 Å². The van der Waals surface area contributed by atoms with Gasteiger partial charge in [0.2, 0.25) is 10.0 Å². The SMILES string of the molecule is CC1CC1CN(C)S(=O)(=O)c1cnc(N)c(Cl)c1. The second-order valence-electron chi connectivity index (χ2n) is 4.80. The molecule has 0 spiro atoms. The summed E-state index contributed by atoms with van der Waals surface area (Å²) in [5.74, 6) is 1.20. The Morgan fingerprint density at radius 1 is 1.61 bits per heavy atom. The summed E-state index contributed by atoms with van der Waals surface area (Å²) in [6, 6.07) is 1.34. The van der Waals surface area contributed by atoms with Crippen LogP contribution in [0.25, 0.3) is 0 Å². The minimum Gasteiger partial charge on any atom is -0.382 e. The Balaban J connectivity index is 2.21. The zero-order chi connectivity index (χ0) is 13.5. The van der Waals surface area contributed by atoms with Crippen LogP contribution >= 0.6 is 11.6 Å². The molecule has 5 nitrogen and oxygen atoms in total. The van der Waals surface area contributed by atoms with E-state index in [0.717, 1.165) is 6.42 Å². The monoisotopic (exact) mass is 289 g/mol. The van der Waals surface area contributed by atoms with Crippen molar-refractivity contribution in [3.05, 3.63) is 17.3 Å². The van der Waals surface area contributed by atoms with Crippen LogP contribution in [0.4, 0.5) is 5.82 Å². The summed E-state index contributed by atoms with van der Waals surface area (Å²) >= 11 is 5.80. The lowest BCUT2D eigenvalue weighted by Crippen LogP contribution is -2.29. The number of hydrogen-bond acceptors (Lipinski definition) is 4. The first-order valence-electron chi connectivity index (χ1n) is 5.69. The Labute approximate surface area is 112 Å². The summed E-state index contributed by atoms with van der Waals surface area (Å²) < 4.78 is 25.9. The van der Waals surface area contributed by atoms with Gasteiger partial charge in [-0.2, -0.15) is 0 Å². The van der Waals surface area contributed by atoms with Crippen molar-refractivity contribution in [2.24, 2.45) is 11.8 Å². The molecule has 0 radical (unpaired) electrons. The maximum atomic E-state index is 12.3. The molecule has 1 saturated carbocycles. The molecule has 0 saturated heterocycles. The fraction of sp³-hybridized carbons (Fsp3) is 0.545. The minimum atomic E-state index is -3.53. The van der Waals surface area contributed by atoms with Gasteiger partial charge in [-0.15, -0.1) is 0 Å². The van der Waals surface area contributed by atoms with Crippen LogP contribution in [0.15, 0.2) is 17.2 Å². The minimum absolute atomic E-state index is 0.0810. The van der Waals surface area contributed by atoms with E-state index in [1.807, 2.05) is 0 Å². The standard InChI is InChI=1S/C11H16ClN3O2S/c1-7-3-8(7)6-15(2)18(16,17)9-4-10(12)11(13)14-5-9/h4-5,7-8H,3,6H2,1-2H3,(H2,13,14). The third-order valence-electron chi connectivity index (χ3n) is 3.32. The van der Waals surface area contributed by atoms with E-state index in [-0.39, 0.29) is 15.7 Å². The van der Waals surface area contributed by atoms with E-state index in [0.29, 0.717) is 18.4 Å². The molecule has 2 unspecified atom stereocenters. The van der Waals surface area contributed by atoms with Gasteiger partial charge in [0.1, 0.15) is 10.7 Å². The number of nitrogens with two attached hydrogens (primary N) is 1. The second-order valence-corrected chi connectivity index (χ2v) is 7.25. The molecule has 18 heavy (non-hydrogen) atoms. The highest BCUT2D eigenvalue weighted by molar-refractivity contribution is 7.89. The predicted octanol–water partition coefficient (Wildman–Crippen LogP) is 1.59. The Hall–Kier alpha value is -0.850. The van der Waals surface area contributed by atoms with Crippen molar-refractivity contribution in [2.75, 3.05) is 19.3 Å². The summed E-state index contributed by atoms with van der Waals surface area (Å²) in [6.07, 6.45) is 2.32. The number of rotatable bonds is 4. The Kier molecular flexibility index (Phi) is 3.53. The van der Waals surface area contributed by atoms with Crippen LogP contribution in [-0.2, 0) is 10.0 Å². The van der Waals surface area contributed by atoms with Crippen LogP contribution in [0.2, 0.25) is 5.02 Å². The van der Waals surface area contributed by atoms with Gasteiger partial charge in [0.15, 0.2) is 0 Å². The molecule has 2 N–H and O–H groups in total. The summed E-state index contributed by atoms with van der Waals surface area (Å²) in [7, 11) is -1.95. The van der Waals surface area contributed by atoms with Crippen molar-refractivity contribution in [3.63, 3.8) is 0 Å². The quantitative estimate of drug-likeness (QED) is 0.913. The predicted molar refractivity (Wildman–Crippen MR) is 70.7 cm³/mol. The van der Waals surface area contributed by atoms with Crippen molar-refractivity contribution in [2.45, 2.75) is 18.2 Å². The maximum Gasteiger partial charge on any atom is 0.244 e. The third-order valence-corrected chi connectivity index (χ3v) is 5.41. The fourth-order valence-corrected chi connectivity index (χ4v) is 3.27. The molecular weight excluding hydrogens is 274 g/mol. The number of sulfonamides is 1. The highest BCUT2D eigenvalue weighted by atomic mass is 35.5. The van der Waals surface area contributed by atoms with Gasteiger partial charge >= 0.3 is 0 Å². The number of halogens is 1. The average molecular weight is 290 g/mol. The molecular formula is C11H16ClN3O2S. The second kappa shape index (κ2) is 4.68. The Bertz CT molecular complexity index is 561. The normalized spacial score (nSPS) is 23.3. The van der Waals surface area contributed by atoms with Gasteiger partial charge in [0, 0.05) is 19.8 Å². The van der Waals surface area contributed by atoms with Crippen LogP contribution in [0.5, 0.6) is 0 Å². The first-order valence-corrected chi connectivity index (χ1v) is 7.51. The molecule has 1 aromatic rings. The molecule has 0 amide bonds. The summed E-state index contributed by atoms with van der Waals surface area (Å²) in [5.41, 5.74) is 5.47. The van der Waals surface area contributed by atoms with Gasteiger partial charge in [-0.1, -0.05) is 18.5 Å². The van der Waals surface area contributed by atoms with Crippen LogP contribution in [0.3, 0.4) is 0 Å². The summed E-state index contributed by atoms with van der Waals surface area (Å²) in [5, 5.41) is 0.157. The number of nitrogen functional groups attached to an aromatic ring is 1. The summed E-state index contributed by atoms with van der Waals surface area (Å²) in [4.78, 5) is 3.86. The molecule has 2 rings (SSSR count). The topological polar surface area (TPSA) is 76.3 Å². The van der Waals surface area contributed by atoms with Crippen molar-refractivity contribution in [1.29, 1.82) is 0 Å². The molecule has 100 valence electrons. The first kappa shape index (κ1) is 13.6. The molecule has 1 aliphatic carbocycles. The van der Waals surface area contributed by atoms with E-state index in [1.165, 1.54) is 16.6 Å². The molecule has 2 atom stereocenters. The maximum absolute atomic E-state index is 12.3. The van der Waals surface area contributed by atoms with E-state index in [4.69, 9.17) is 17.3 Å². The molecule has 1 aromatic heterocycles. The van der Waals surface area contributed by atoms with Crippen LogP contribution in [0.1, 0.15) is 13.3 Å². The average Bonchev–Trinajstić information content (AvgIpc) is 2.98. The zero-order valence-electron chi connectivity index (χ0n) is 10.3. The fourth-order valence-electron chi connectivity index (χ4n) is 1.83. The van der Waals surface area contributed by atoms with Gasteiger partial charge in [-0.25, -0.2) is 17.7 Å². The molecule has 0 bridgehead atoms. The number of pyridine rings is 1. The lowest BCUT2D eigenvalue weighted by Gasteiger charge is -2.17. The van der Waals surface area contributed by atoms with Crippen LogP contribution in [-0.4, -0.2) is 31.3 Å². The van der Waals surface area contributed by atoms with E-state index < -0.39 is 10.0 Å². The number of hydrogen-bond donors (Lipinski definition) is 1. The number of aromatic nitrogens is 1. The zero-order valence-corrected chi connectivity index (χ0v) is 11.9. The lowest BCUT2D eigenvalue weighted by molar-refractivity contribution is 0.444. The van der Waals surface area contributed by atoms with Crippen molar-refractivity contribution >= 4 is 27.4 Å². The molecule has 1 heterocycles. The van der Waals surface area contributed by atoms with E-state index in [2.05, 4.69) is 11.9 Å². The summed E-state index contributed by atoms with van der Waals surface area (Å²) in [6.45, 7) is 2.65. The van der Waals surface area contributed by atoms with Crippen LogP contribution in [0, 0.1) is 11.8 Å². The van der Waals surface area contributed by atoms with E-state index in [9.17, 15) is 8.42 Å². The largest absolute Gasteiger partial charge is 0.382 e. The molecule has 1 fully saturated rings. The lowest BCUT2D eigenvalue weighted by atomic mass is 10.3. The van der Waals surface area contributed by atoms with Gasteiger partial charge < -0.3 is 5.73 Å². The molecule has 1 aliphatic rings. The smallest absolute Gasteiger partial charge is 0.244 e. The van der Waals surface area contributed by atoms with Gasteiger partial charge in [-0.05, 0) is 24.3 Å². The molecule has 0 aromatic carbocycles. The van der Waals surface area contributed by atoms with E-state index >= 15 is 0 Å². The first-order chi connectivity index (χ1) is 8.32.